The fourth-order valence-corrected chi connectivity index (χ4v) is 5.46. The number of nitrogens with one attached hydrogen (secondary N) is 1. The van der Waals surface area contributed by atoms with Gasteiger partial charge in [0.25, 0.3) is 5.91 Å². The lowest BCUT2D eigenvalue weighted by Gasteiger charge is -2.34. The Labute approximate surface area is 185 Å². The Balaban J connectivity index is 1.26. The van der Waals surface area contributed by atoms with Crippen molar-refractivity contribution in [2.24, 2.45) is 0 Å². The summed E-state index contributed by atoms with van der Waals surface area (Å²) in [6, 6.07) is 8.30. The fraction of sp³-hybridized carbons (Fsp3) is 0.435. The molecule has 4 rings (SSSR count). The van der Waals surface area contributed by atoms with Crippen molar-refractivity contribution < 1.29 is 14.0 Å². The van der Waals surface area contributed by atoms with Crippen molar-refractivity contribution in [3.05, 3.63) is 51.7 Å². The number of nitriles is 1. The minimum absolute atomic E-state index is 0.0973. The third kappa shape index (κ3) is 4.78. The van der Waals surface area contributed by atoms with E-state index >= 15 is 0 Å². The highest BCUT2D eigenvalue weighted by Gasteiger charge is 2.25. The van der Waals surface area contributed by atoms with Crippen LogP contribution in [0.1, 0.15) is 45.6 Å². The number of carbonyl (C=O) groups excluding carboxylic acids is 2. The molecule has 0 spiro atoms. The monoisotopic (exact) mass is 440 g/mol. The van der Waals surface area contributed by atoms with Gasteiger partial charge in [-0.1, -0.05) is 12.1 Å². The number of benzene rings is 1. The lowest BCUT2D eigenvalue weighted by Crippen LogP contribution is -2.49. The molecule has 162 valence electrons. The van der Waals surface area contributed by atoms with E-state index in [9.17, 15) is 19.2 Å². The number of amides is 2. The first kappa shape index (κ1) is 21.5. The van der Waals surface area contributed by atoms with E-state index in [1.165, 1.54) is 28.3 Å². The summed E-state index contributed by atoms with van der Waals surface area (Å²) in [6.07, 6.45) is 4.46. The molecule has 1 N–H and O–H groups in total. The molecule has 0 bridgehead atoms. The van der Waals surface area contributed by atoms with Gasteiger partial charge in [0.05, 0.1) is 11.1 Å². The van der Waals surface area contributed by atoms with Crippen molar-refractivity contribution in [3.8, 4) is 6.07 Å². The SMILES string of the molecule is N#Cc1c(NC(=O)CCN2CCN(C(=O)c3ccccc3F)CC2)sc2c1CCCC2. The summed E-state index contributed by atoms with van der Waals surface area (Å²) < 4.78 is 13.9. The molecule has 8 heteroatoms. The van der Waals surface area contributed by atoms with Crippen LogP contribution < -0.4 is 5.32 Å². The highest BCUT2D eigenvalue weighted by Crippen LogP contribution is 2.37. The average Bonchev–Trinajstić information content (AvgIpc) is 3.14. The van der Waals surface area contributed by atoms with E-state index < -0.39 is 5.82 Å². The summed E-state index contributed by atoms with van der Waals surface area (Å²) in [5.41, 5.74) is 1.85. The summed E-state index contributed by atoms with van der Waals surface area (Å²) in [4.78, 5) is 30.0. The van der Waals surface area contributed by atoms with E-state index in [2.05, 4.69) is 16.3 Å². The molecule has 1 aromatic heterocycles. The van der Waals surface area contributed by atoms with Gasteiger partial charge in [-0.2, -0.15) is 5.26 Å². The van der Waals surface area contributed by atoms with Gasteiger partial charge in [0, 0.05) is 44.0 Å². The number of carbonyl (C=O) groups is 2. The van der Waals surface area contributed by atoms with E-state index in [4.69, 9.17) is 0 Å². The van der Waals surface area contributed by atoms with Gasteiger partial charge in [0.15, 0.2) is 0 Å². The molecule has 2 aliphatic rings. The van der Waals surface area contributed by atoms with Crippen LogP contribution in [-0.2, 0) is 17.6 Å². The molecule has 1 fully saturated rings. The zero-order valence-electron chi connectivity index (χ0n) is 17.3. The van der Waals surface area contributed by atoms with Gasteiger partial charge in [-0.15, -0.1) is 11.3 Å². The molecule has 2 amide bonds. The van der Waals surface area contributed by atoms with Crippen LogP contribution in [0.15, 0.2) is 24.3 Å². The lowest BCUT2D eigenvalue weighted by atomic mass is 9.96. The molecule has 1 saturated heterocycles. The predicted molar refractivity (Wildman–Crippen MR) is 118 cm³/mol. The van der Waals surface area contributed by atoms with Gasteiger partial charge in [-0.25, -0.2) is 4.39 Å². The average molecular weight is 441 g/mol. The topological polar surface area (TPSA) is 76.4 Å². The Morgan fingerprint density at radius 1 is 1.13 bits per heavy atom. The molecular formula is C23H25FN4O2S. The van der Waals surface area contributed by atoms with E-state index in [1.807, 2.05) is 0 Å². The molecule has 1 aliphatic heterocycles. The molecule has 0 atom stereocenters. The van der Waals surface area contributed by atoms with Crippen LogP contribution in [0.3, 0.4) is 0 Å². The normalized spacial score (nSPS) is 16.5. The van der Waals surface area contributed by atoms with Crippen molar-refractivity contribution in [1.82, 2.24) is 9.80 Å². The second kappa shape index (κ2) is 9.58. The molecular weight excluding hydrogens is 415 g/mol. The smallest absolute Gasteiger partial charge is 0.256 e. The number of anilines is 1. The predicted octanol–water partition coefficient (Wildman–Crippen LogP) is 3.42. The Morgan fingerprint density at radius 3 is 2.61 bits per heavy atom. The first-order chi connectivity index (χ1) is 15.1. The third-order valence-electron chi connectivity index (χ3n) is 5.95. The molecule has 31 heavy (non-hydrogen) atoms. The molecule has 1 aliphatic carbocycles. The molecule has 2 heterocycles. The van der Waals surface area contributed by atoms with E-state index in [1.54, 1.807) is 17.0 Å². The van der Waals surface area contributed by atoms with Gasteiger partial charge in [0.2, 0.25) is 5.91 Å². The number of hydrogen-bond donors (Lipinski definition) is 1. The summed E-state index contributed by atoms with van der Waals surface area (Å²) in [7, 11) is 0. The number of halogens is 1. The molecule has 6 nitrogen and oxygen atoms in total. The Kier molecular flexibility index (Phi) is 6.64. The number of hydrogen-bond acceptors (Lipinski definition) is 5. The summed E-state index contributed by atoms with van der Waals surface area (Å²) >= 11 is 1.54. The molecule has 1 aromatic carbocycles. The molecule has 2 aromatic rings. The second-order valence-corrected chi connectivity index (χ2v) is 9.04. The zero-order valence-corrected chi connectivity index (χ0v) is 18.1. The number of fused-ring (bicyclic) bond motifs is 1. The van der Waals surface area contributed by atoms with Gasteiger partial charge >= 0.3 is 0 Å². The Hall–Kier alpha value is -2.76. The minimum atomic E-state index is -0.501. The van der Waals surface area contributed by atoms with E-state index in [0.717, 1.165) is 31.2 Å². The van der Waals surface area contributed by atoms with E-state index in [0.29, 0.717) is 49.7 Å². The lowest BCUT2D eigenvalue weighted by molar-refractivity contribution is -0.116. The first-order valence-electron chi connectivity index (χ1n) is 10.7. The maximum absolute atomic E-state index is 13.9. The summed E-state index contributed by atoms with van der Waals surface area (Å²) in [5, 5.41) is 13.1. The number of thiophene rings is 1. The van der Waals surface area contributed by atoms with Crippen LogP contribution >= 0.6 is 11.3 Å². The van der Waals surface area contributed by atoms with Gasteiger partial charge in [-0.3, -0.25) is 14.5 Å². The van der Waals surface area contributed by atoms with Crippen LogP contribution in [-0.4, -0.2) is 54.3 Å². The van der Waals surface area contributed by atoms with Gasteiger partial charge < -0.3 is 10.2 Å². The van der Waals surface area contributed by atoms with Crippen LogP contribution in [0, 0.1) is 17.1 Å². The van der Waals surface area contributed by atoms with Crippen LogP contribution in [0.4, 0.5) is 9.39 Å². The summed E-state index contributed by atoms with van der Waals surface area (Å²) in [6.45, 7) is 2.88. The van der Waals surface area contributed by atoms with Crippen molar-refractivity contribution in [2.75, 3.05) is 38.0 Å². The van der Waals surface area contributed by atoms with Crippen molar-refractivity contribution in [2.45, 2.75) is 32.1 Å². The Morgan fingerprint density at radius 2 is 1.87 bits per heavy atom. The number of rotatable bonds is 5. The highest BCUT2D eigenvalue weighted by molar-refractivity contribution is 7.16. The van der Waals surface area contributed by atoms with Crippen LogP contribution in [0.5, 0.6) is 0 Å². The minimum Gasteiger partial charge on any atom is -0.336 e. The number of piperazine rings is 1. The van der Waals surface area contributed by atoms with Gasteiger partial charge in [0.1, 0.15) is 16.9 Å². The van der Waals surface area contributed by atoms with Crippen LogP contribution in [0.25, 0.3) is 0 Å². The standard InChI is InChI=1S/C23H25FN4O2S/c24-19-7-3-1-6-17(19)23(30)28-13-11-27(12-14-28)10-9-21(29)26-22-18(15-25)16-5-2-4-8-20(16)31-22/h1,3,6-7H,2,4-5,8-14H2,(H,26,29). The number of aryl methyl sites for hydroxylation is 1. The van der Waals surface area contributed by atoms with Crippen LogP contribution in [0.2, 0.25) is 0 Å². The fourth-order valence-electron chi connectivity index (χ4n) is 4.20. The molecule has 0 radical (unpaired) electrons. The molecule has 0 unspecified atom stereocenters. The summed E-state index contributed by atoms with van der Waals surface area (Å²) in [5.74, 6) is -0.889. The first-order valence-corrected chi connectivity index (χ1v) is 11.5. The van der Waals surface area contributed by atoms with Crippen molar-refractivity contribution in [1.29, 1.82) is 5.26 Å². The quantitative estimate of drug-likeness (QED) is 0.773. The third-order valence-corrected chi connectivity index (χ3v) is 7.16. The maximum Gasteiger partial charge on any atom is 0.256 e. The van der Waals surface area contributed by atoms with Crippen molar-refractivity contribution in [3.63, 3.8) is 0 Å². The molecule has 0 saturated carbocycles. The maximum atomic E-state index is 13.9. The Bertz CT molecular complexity index is 1020. The van der Waals surface area contributed by atoms with Gasteiger partial charge in [-0.05, 0) is 43.4 Å². The second-order valence-electron chi connectivity index (χ2n) is 7.94. The number of nitrogens with zero attached hydrogens (tertiary/aromatic N) is 3. The zero-order chi connectivity index (χ0) is 21.8. The highest BCUT2D eigenvalue weighted by atomic mass is 32.1. The van der Waals surface area contributed by atoms with Crippen molar-refractivity contribution >= 4 is 28.2 Å². The largest absolute Gasteiger partial charge is 0.336 e. The van der Waals surface area contributed by atoms with E-state index in [-0.39, 0.29) is 17.4 Å².